The lowest BCUT2D eigenvalue weighted by molar-refractivity contribution is -0.156. The standard InChI is InChI=1S/C18H25NO5/c1-4-5-9-15(12-23-13(2)3)18(16(20)21,24-17(19)22)14-10-7-6-8-11-14/h6-8,10-13H,4-5,9H2,1-3H3,(H2,19,22)(H,20,21). The lowest BCUT2D eigenvalue weighted by Gasteiger charge is -2.31. The number of rotatable bonds is 9. The predicted molar refractivity (Wildman–Crippen MR) is 90.3 cm³/mol. The molecular weight excluding hydrogens is 310 g/mol. The molecule has 1 atom stereocenters. The van der Waals surface area contributed by atoms with Crippen molar-refractivity contribution in [3.05, 3.63) is 47.7 Å². The average Bonchev–Trinajstić information content (AvgIpc) is 2.53. The monoisotopic (exact) mass is 335 g/mol. The molecule has 1 aromatic rings. The second-order valence-electron chi connectivity index (χ2n) is 5.70. The molecule has 0 heterocycles. The highest BCUT2D eigenvalue weighted by molar-refractivity contribution is 5.86. The van der Waals surface area contributed by atoms with Gasteiger partial charge in [0.05, 0.1) is 12.4 Å². The fraction of sp³-hybridized carbons (Fsp3) is 0.444. The number of hydrogen-bond donors (Lipinski definition) is 2. The molecule has 0 fully saturated rings. The van der Waals surface area contributed by atoms with Crippen molar-refractivity contribution in [1.29, 1.82) is 0 Å². The van der Waals surface area contributed by atoms with Gasteiger partial charge >= 0.3 is 12.1 Å². The third-order valence-electron chi connectivity index (χ3n) is 3.47. The summed E-state index contributed by atoms with van der Waals surface area (Å²) >= 11 is 0. The van der Waals surface area contributed by atoms with Gasteiger partial charge in [0.15, 0.2) is 0 Å². The number of carboxylic acid groups (broad SMARTS) is 1. The van der Waals surface area contributed by atoms with Crippen molar-refractivity contribution in [1.82, 2.24) is 0 Å². The van der Waals surface area contributed by atoms with Crippen molar-refractivity contribution >= 4 is 12.1 Å². The van der Waals surface area contributed by atoms with Crippen LogP contribution >= 0.6 is 0 Å². The third-order valence-corrected chi connectivity index (χ3v) is 3.47. The molecule has 0 aliphatic heterocycles. The SMILES string of the molecule is CCCCC(=COC(C)C)C(OC(N)=O)(C(=O)O)c1ccccc1. The van der Waals surface area contributed by atoms with Crippen LogP contribution in [0.1, 0.15) is 45.6 Å². The molecule has 1 unspecified atom stereocenters. The third kappa shape index (κ3) is 4.75. The van der Waals surface area contributed by atoms with Crippen LogP contribution in [0.4, 0.5) is 4.79 Å². The molecule has 0 saturated carbocycles. The fourth-order valence-corrected chi connectivity index (χ4v) is 2.34. The normalized spacial score (nSPS) is 14.1. The lowest BCUT2D eigenvalue weighted by Crippen LogP contribution is -2.44. The van der Waals surface area contributed by atoms with Crippen LogP contribution in [-0.2, 0) is 19.9 Å². The highest BCUT2D eigenvalue weighted by Gasteiger charge is 2.48. The van der Waals surface area contributed by atoms with Gasteiger partial charge in [-0.1, -0.05) is 43.7 Å². The van der Waals surface area contributed by atoms with Gasteiger partial charge in [-0.3, -0.25) is 0 Å². The highest BCUT2D eigenvalue weighted by Crippen LogP contribution is 2.37. The van der Waals surface area contributed by atoms with Crippen LogP contribution in [0, 0.1) is 0 Å². The molecule has 3 N–H and O–H groups in total. The molecule has 0 aliphatic rings. The van der Waals surface area contributed by atoms with E-state index >= 15 is 0 Å². The number of aliphatic carboxylic acids is 1. The van der Waals surface area contributed by atoms with Gasteiger partial charge in [-0.15, -0.1) is 0 Å². The summed E-state index contributed by atoms with van der Waals surface area (Å²) in [4.78, 5) is 23.7. The van der Waals surface area contributed by atoms with E-state index in [1.165, 1.54) is 6.26 Å². The molecule has 6 nitrogen and oxygen atoms in total. The molecule has 0 aliphatic carbocycles. The summed E-state index contributed by atoms with van der Waals surface area (Å²) in [5.41, 5.74) is 3.83. The minimum Gasteiger partial charge on any atom is -0.498 e. The first kappa shape index (κ1) is 19.5. The van der Waals surface area contributed by atoms with Gasteiger partial charge in [0.1, 0.15) is 0 Å². The topological polar surface area (TPSA) is 98.9 Å². The molecule has 0 bridgehead atoms. The zero-order valence-corrected chi connectivity index (χ0v) is 14.3. The number of hydrogen-bond acceptors (Lipinski definition) is 4. The number of carbonyl (C=O) groups excluding carboxylic acids is 1. The maximum atomic E-state index is 12.2. The number of nitrogens with two attached hydrogens (primary N) is 1. The number of unbranched alkanes of at least 4 members (excludes halogenated alkanes) is 1. The maximum Gasteiger partial charge on any atom is 0.406 e. The lowest BCUT2D eigenvalue weighted by atomic mass is 9.83. The summed E-state index contributed by atoms with van der Waals surface area (Å²) < 4.78 is 10.7. The molecular formula is C18H25NO5. The van der Waals surface area contributed by atoms with E-state index in [9.17, 15) is 14.7 Å². The van der Waals surface area contributed by atoms with Crippen LogP contribution in [0.15, 0.2) is 42.2 Å². The first-order valence-electron chi connectivity index (χ1n) is 7.96. The Hall–Kier alpha value is -2.50. The Morgan fingerprint density at radius 1 is 1.29 bits per heavy atom. The molecule has 1 amide bonds. The zero-order chi connectivity index (χ0) is 18.2. The fourth-order valence-electron chi connectivity index (χ4n) is 2.34. The summed E-state index contributed by atoms with van der Waals surface area (Å²) in [5, 5.41) is 9.93. The minimum atomic E-state index is -2.00. The Labute approximate surface area is 142 Å². The van der Waals surface area contributed by atoms with Crippen LogP contribution in [0.25, 0.3) is 0 Å². The van der Waals surface area contributed by atoms with Crippen LogP contribution in [-0.4, -0.2) is 23.3 Å². The van der Waals surface area contributed by atoms with E-state index in [2.05, 4.69) is 0 Å². The van der Waals surface area contributed by atoms with Gasteiger partial charge in [0, 0.05) is 11.1 Å². The Morgan fingerprint density at radius 3 is 2.38 bits per heavy atom. The van der Waals surface area contributed by atoms with Gasteiger partial charge in [0.25, 0.3) is 5.60 Å². The number of amides is 1. The quantitative estimate of drug-likeness (QED) is 0.672. The van der Waals surface area contributed by atoms with E-state index in [4.69, 9.17) is 15.2 Å². The molecule has 1 rings (SSSR count). The summed E-state index contributed by atoms with van der Waals surface area (Å²) in [6.07, 6.45) is 2.05. The van der Waals surface area contributed by atoms with Gasteiger partial charge < -0.3 is 20.3 Å². The smallest absolute Gasteiger partial charge is 0.406 e. The number of benzene rings is 1. The van der Waals surface area contributed by atoms with Crippen LogP contribution in [0.2, 0.25) is 0 Å². The summed E-state index contributed by atoms with van der Waals surface area (Å²) in [7, 11) is 0. The van der Waals surface area contributed by atoms with E-state index in [1.807, 2.05) is 20.8 Å². The average molecular weight is 335 g/mol. The second-order valence-corrected chi connectivity index (χ2v) is 5.70. The first-order chi connectivity index (χ1) is 11.3. The number of carbonyl (C=O) groups is 2. The van der Waals surface area contributed by atoms with Crippen molar-refractivity contribution < 1.29 is 24.2 Å². The molecule has 0 saturated heterocycles. The van der Waals surface area contributed by atoms with E-state index in [1.54, 1.807) is 30.3 Å². The minimum absolute atomic E-state index is 0.141. The second kappa shape index (κ2) is 8.96. The van der Waals surface area contributed by atoms with Crippen molar-refractivity contribution in [3.8, 4) is 0 Å². The Morgan fingerprint density at radius 2 is 1.92 bits per heavy atom. The van der Waals surface area contributed by atoms with Gasteiger partial charge in [0.2, 0.25) is 0 Å². The Bertz CT molecular complexity index is 582. The molecule has 0 spiro atoms. The van der Waals surface area contributed by atoms with Crippen LogP contribution < -0.4 is 5.73 Å². The largest absolute Gasteiger partial charge is 0.498 e. The first-order valence-corrected chi connectivity index (χ1v) is 7.96. The Balaban J connectivity index is 3.52. The molecule has 0 aromatic heterocycles. The number of primary amides is 1. The molecule has 1 aromatic carbocycles. The van der Waals surface area contributed by atoms with E-state index in [-0.39, 0.29) is 6.10 Å². The summed E-state index contributed by atoms with van der Waals surface area (Å²) in [6.45, 7) is 5.64. The predicted octanol–water partition coefficient (Wildman–Crippen LogP) is 3.56. The van der Waals surface area contributed by atoms with Crippen LogP contribution in [0.3, 0.4) is 0 Å². The molecule has 132 valence electrons. The maximum absolute atomic E-state index is 12.2. The highest BCUT2D eigenvalue weighted by atomic mass is 16.6. The van der Waals surface area contributed by atoms with Crippen LogP contribution in [0.5, 0.6) is 0 Å². The molecule has 0 radical (unpaired) electrons. The van der Waals surface area contributed by atoms with Crippen molar-refractivity contribution in [2.24, 2.45) is 5.73 Å². The van der Waals surface area contributed by atoms with Gasteiger partial charge in [-0.2, -0.15) is 0 Å². The summed E-state index contributed by atoms with van der Waals surface area (Å²) in [5.74, 6) is -1.32. The van der Waals surface area contributed by atoms with Crippen molar-refractivity contribution in [2.45, 2.75) is 51.7 Å². The molecule has 6 heteroatoms. The molecule has 24 heavy (non-hydrogen) atoms. The van der Waals surface area contributed by atoms with E-state index < -0.39 is 17.7 Å². The zero-order valence-electron chi connectivity index (χ0n) is 14.3. The van der Waals surface area contributed by atoms with Crippen molar-refractivity contribution in [2.75, 3.05) is 0 Å². The Kier molecular flexibility index (Phi) is 7.30. The van der Waals surface area contributed by atoms with Gasteiger partial charge in [-0.05, 0) is 26.7 Å². The van der Waals surface area contributed by atoms with Crippen molar-refractivity contribution in [3.63, 3.8) is 0 Å². The number of ether oxygens (including phenoxy) is 2. The van der Waals surface area contributed by atoms with Gasteiger partial charge in [-0.25, -0.2) is 9.59 Å². The number of carboxylic acids is 1. The summed E-state index contributed by atoms with van der Waals surface area (Å²) in [6, 6.07) is 8.29. The van der Waals surface area contributed by atoms with E-state index in [0.717, 1.165) is 12.8 Å². The van der Waals surface area contributed by atoms with E-state index in [0.29, 0.717) is 17.6 Å².